The molecular formula is C18H27NO2. The van der Waals surface area contributed by atoms with Crippen LogP contribution < -0.4 is 0 Å². The number of likely N-dealkylation sites (N-methyl/N-ethyl adjacent to an activating group) is 1. The van der Waals surface area contributed by atoms with Crippen molar-refractivity contribution in [3.63, 3.8) is 0 Å². The van der Waals surface area contributed by atoms with Crippen molar-refractivity contribution in [3.05, 3.63) is 34.9 Å². The van der Waals surface area contributed by atoms with E-state index >= 15 is 0 Å². The van der Waals surface area contributed by atoms with Crippen molar-refractivity contribution in [1.82, 2.24) is 4.90 Å². The topological polar surface area (TPSA) is 29.5 Å². The Bertz CT molecular complexity index is 466. The minimum Gasteiger partial charge on any atom is -0.464 e. The lowest BCUT2D eigenvalue weighted by Crippen LogP contribution is -2.28. The molecule has 0 spiro atoms. The summed E-state index contributed by atoms with van der Waals surface area (Å²) in [6.45, 7) is 7.56. The van der Waals surface area contributed by atoms with Gasteiger partial charge in [0.15, 0.2) is 0 Å². The first-order chi connectivity index (χ1) is 10.2. The number of hydrogen-bond acceptors (Lipinski definition) is 3. The van der Waals surface area contributed by atoms with Crippen molar-refractivity contribution in [2.45, 2.75) is 46.0 Å². The van der Waals surface area contributed by atoms with Crippen molar-refractivity contribution in [2.75, 3.05) is 26.2 Å². The van der Waals surface area contributed by atoms with Gasteiger partial charge in [0, 0.05) is 6.54 Å². The minimum atomic E-state index is -0.113. The highest BCUT2D eigenvalue weighted by Gasteiger charge is 2.11. The predicted octanol–water partition coefficient (Wildman–Crippen LogP) is 2.99. The zero-order valence-electron chi connectivity index (χ0n) is 13.4. The molecule has 3 nitrogen and oxygen atoms in total. The molecule has 1 aliphatic rings. The van der Waals surface area contributed by atoms with Gasteiger partial charge in [0.2, 0.25) is 0 Å². The van der Waals surface area contributed by atoms with Crippen LogP contribution >= 0.6 is 0 Å². The molecule has 1 aromatic carbocycles. The van der Waals surface area contributed by atoms with Crippen LogP contribution in [0.4, 0.5) is 0 Å². The molecule has 0 aliphatic heterocycles. The van der Waals surface area contributed by atoms with Gasteiger partial charge in [0.05, 0.1) is 6.42 Å². The minimum absolute atomic E-state index is 0.113. The molecule has 0 atom stereocenters. The standard InChI is InChI=1S/C18H27NO2/c1-3-19(4-2)11-12-21-18(20)14-15-9-10-16-7-5-6-8-17(16)13-15/h9-10,13H,3-8,11-12,14H2,1-2H3. The Morgan fingerprint density at radius 3 is 2.57 bits per heavy atom. The Balaban J connectivity index is 1.80. The molecular weight excluding hydrogens is 262 g/mol. The molecule has 0 radical (unpaired) electrons. The average Bonchev–Trinajstić information content (AvgIpc) is 2.51. The second kappa shape index (κ2) is 8.18. The lowest BCUT2D eigenvalue weighted by molar-refractivity contribution is -0.143. The largest absolute Gasteiger partial charge is 0.464 e. The predicted molar refractivity (Wildman–Crippen MR) is 85.5 cm³/mol. The van der Waals surface area contributed by atoms with Crippen molar-refractivity contribution in [3.8, 4) is 0 Å². The van der Waals surface area contributed by atoms with E-state index in [1.165, 1.54) is 30.4 Å². The van der Waals surface area contributed by atoms with Crippen LogP contribution in [0.25, 0.3) is 0 Å². The molecule has 1 aliphatic carbocycles. The van der Waals surface area contributed by atoms with Gasteiger partial charge < -0.3 is 9.64 Å². The molecule has 0 fully saturated rings. The molecule has 0 saturated carbocycles. The molecule has 0 amide bonds. The van der Waals surface area contributed by atoms with E-state index in [1.807, 2.05) is 0 Å². The molecule has 1 aromatic rings. The molecule has 3 heteroatoms. The number of benzene rings is 1. The third-order valence-electron chi connectivity index (χ3n) is 4.33. The van der Waals surface area contributed by atoms with Crippen LogP contribution in [0.3, 0.4) is 0 Å². The molecule has 0 aromatic heterocycles. The van der Waals surface area contributed by atoms with Crippen LogP contribution in [-0.4, -0.2) is 37.1 Å². The van der Waals surface area contributed by atoms with E-state index in [0.717, 1.165) is 31.6 Å². The van der Waals surface area contributed by atoms with Gasteiger partial charge in [-0.1, -0.05) is 32.0 Å². The van der Waals surface area contributed by atoms with Crippen molar-refractivity contribution >= 4 is 5.97 Å². The summed E-state index contributed by atoms with van der Waals surface area (Å²) in [6, 6.07) is 6.46. The van der Waals surface area contributed by atoms with Gasteiger partial charge in [0.25, 0.3) is 0 Å². The fourth-order valence-electron chi connectivity index (χ4n) is 2.94. The van der Waals surface area contributed by atoms with Gasteiger partial charge in [-0.2, -0.15) is 0 Å². The second-order valence-corrected chi connectivity index (χ2v) is 5.73. The Labute approximate surface area is 128 Å². The monoisotopic (exact) mass is 289 g/mol. The lowest BCUT2D eigenvalue weighted by Gasteiger charge is -2.18. The van der Waals surface area contributed by atoms with Crippen molar-refractivity contribution < 1.29 is 9.53 Å². The fourth-order valence-corrected chi connectivity index (χ4v) is 2.94. The fraction of sp³-hybridized carbons (Fsp3) is 0.611. The van der Waals surface area contributed by atoms with E-state index in [4.69, 9.17) is 4.74 Å². The Morgan fingerprint density at radius 1 is 1.14 bits per heavy atom. The summed E-state index contributed by atoms with van der Waals surface area (Å²) in [6.07, 6.45) is 5.29. The van der Waals surface area contributed by atoms with E-state index in [0.29, 0.717) is 13.0 Å². The molecule has 2 rings (SSSR count). The first kappa shape index (κ1) is 16.0. The number of ether oxygens (including phenoxy) is 1. The third-order valence-corrected chi connectivity index (χ3v) is 4.33. The molecule has 0 heterocycles. The number of esters is 1. The number of carbonyl (C=O) groups excluding carboxylic acids is 1. The number of nitrogens with zero attached hydrogens (tertiary/aromatic N) is 1. The molecule has 116 valence electrons. The Hall–Kier alpha value is -1.35. The molecule has 0 unspecified atom stereocenters. The number of fused-ring (bicyclic) bond motifs is 1. The first-order valence-corrected chi connectivity index (χ1v) is 8.21. The zero-order valence-corrected chi connectivity index (χ0v) is 13.4. The SMILES string of the molecule is CCN(CC)CCOC(=O)Cc1ccc2c(c1)CCCC2. The highest BCUT2D eigenvalue weighted by atomic mass is 16.5. The number of aryl methyl sites for hydroxylation is 2. The summed E-state index contributed by atoms with van der Waals surface area (Å²) < 4.78 is 5.34. The summed E-state index contributed by atoms with van der Waals surface area (Å²) in [5.74, 6) is -0.113. The van der Waals surface area contributed by atoms with E-state index in [1.54, 1.807) is 0 Å². The van der Waals surface area contributed by atoms with E-state index in [-0.39, 0.29) is 5.97 Å². The maximum atomic E-state index is 11.9. The van der Waals surface area contributed by atoms with Gasteiger partial charge in [0.1, 0.15) is 6.61 Å². The maximum absolute atomic E-state index is 11.9. The quantitative estimate of drug-likeness (QED) is 0.723. The maximum Gasteiger partial charge on any atom is 0.310 e. The highest BCUT2D eigenvalue weighted by Crippen LogP contribution is 2.22. The van der Waals surface area contributed by atoms with Crippen molar-refractivity contribution in [1.29, 1.82) is 0 Å². The molecule has 0 N–H and O–H groups in total. The smallest absolute Gasteiger partial charge is 0.310 e. The number of rotatable bonds is 7. The Morgan fingerprint density at radius 2 is 1.86 bits per heavy atom. The van der Waals surface area contributed by atoms with Crippen LogP contribution in [0.5, 0.6) is 0 Å². The van der Waals surface area contributed by atoms with Gasteiger partial charge in [-0.3, -0.25) is 4.79 Å². The van der Waals surface area contributed by atoms with Crippen LogP contribution in [0.2, 0.25) is 0 Å². The van der Waals surface area contributed by atoms with Gasteiger partial charge in [-0.05, 0) is 55.5 Å². The van der Waals surface area contributed by atoms with E-state index in [2.05, 4.69) is 36.9 Å². The summed E-state index contributed by atoms with van der Waals surface area (Å²) >= 11 is 0. The van der Waals surface area contributed by atoms with Crippen LogP contribution in [0, 0.1) is 0 Å². The number of carbonyl (C=O) groups is 1. The normalized spacial score (nSPS) is 14.0. The van der Waals surface area contributed by atoms with Crippen LogP contribution in [0.1, 0.15) is 43.4 Å². The lowest BCUT2D eigenvalue weighted by atomic mass is 9.90. The summed E-state index contributed by atoms with van der Waals surface area (Å²) in [7, 11) is 0. The third kappa shape index (κ3) is 4.85. The van der Waals surface area contributed by atoms with Gasteiger partial charge in [-0.25, -0.2) is 0 Å². The summed E-state index contributed by atoms with van der Waals surface area (Å²) in [5.41, 5.74) is 3.97. The van der Waals surface area contributed by atoms with E-state index < -0.39 is 0 Å². The first-order valence-electron chi connectivity index (χ1n) is 8.21. The highest BCUT2D eigenvalue weighted by molar-refractivity contribution is 5.72. The molecule has 21 heavy (non-hydrogen) atoms. The zero-order chi connectivity index (χ0) is 15.1. The molecule has 0 saturated heterocycles. The number of hydrogen-bond donors (Lipinski definition) is 0. The Kier molecular flexibility index (Phi) is 6.24. The second-order valence-electron chi connectivity index (χ2n) is 5.73. The summed E-state index contributed by atoms with van der Waals surface area (Å²) in [5, 5.41) is 0. The average molecular weight is 289 g/mol. The van der Waals surface area contributed by atoms with Gasteiger partial charge in [-0.15, -0.1) is 0 Å². The van der Waals surface area contributed by atoms with Gasteiger partial charge >= 0.3 is 5.97 Å². The van der Waals surface area contributed by atoms with Crippen molar-refractivity contribution in [2.24, 2.45) is 0 Å². The van der Waals surface area contributed by atoms with Crippen LogP contribution in [0.15, 0.2) is 18.2 Å². The summed E-state index contributed by atoms with van der Waals surface area (Å²) in [4.78, 5) is 14.2. The van der Waals surface area contributed by atoms with E-state index in [9.17, 15) is 4.79 Å². The molecule has 0 bridgehead atoms. The van der Waals surface area contributed by atoms with Crippen LogP contribution in [-0.2, 0) is 28.8 Å².